The number of likely N-dealkylation sites (tertiary alicyclic amines) is 1. The molecule has 4 rings (SSSR count). The fourth-order valence-electron chi connectivity index (χ4n) is 3.80. The van der Waals surface area contributed by atoms with Crippen molar-refractivity contribution in [1.82, 2.24) is 14.5 Å². The van der Waals surface area contributed by atoms with Crippen LogP contribution in [-0.2, 0) is 6.54 Å². The van der Waals surface area contributed by atoms with Gasteiger partial charge >= 0.3 is 0 Å². The van der Waals surface area contributed by atoms with Crippen molar-refractivity contribution >= 4 is 17.5 Å². The van der Waals surface area contributed by atoms with Crippen LogP contribution in [0, 0.1) is 18.6 Å². The molecule has 0 saturated carbocycles. The number of hydrogen-bond acceptors (Lipinski definition) is 2. The number of halogens is 3. The van der Waals surface area contributed by atoms with Crippen molar-refractivity contribution in [3.63, 3.8) is 0 Å². The molecule has 1 fully saturated rings. The summed E-state index contributed by atoms with van der Waals surface area (Å²) >= 11 is 5.86. The maximum absolute atomic E-state index is 13.5. The van der Waals surface area contributed by atoms with Crippen molar-refractivity contribution in [2.75, 3.05) is 6.54 Å². The molecule has 4 nitrogen and oxygen atoms in total. The highest BCUT2D eigenvalue weighted by atomic mass is 35.5. The van der Waals surface area contributed by atoms with E-state index in [4.69, 9.17) is 11.6 Å². The second kappa shape index (κ2) is 7.95. The van der Waals surface area contributed by atoms with Gasteiger partial charge in [-0.2, -0.15) is 0 Å². The number of amides is 1. The fraction of sp³-hybridized carbons (Fsp3) is 0.273. The fourth-order valence-corrected chi connectivity index (χ4v) is 3.98. The smallest absolute Gasteiger partial charge is 0.254 e. The molecule has 1 saturated heterocycles. The van der Waals surface area contributed by atoms with E-state index in [0.29, 0.717) is 18.7 Å². The average molecular weight is 416 g/mol. The van der Waals surface area contributed by atoms with Crippen LogP contribution in [0.3, 0.4) is 0 Å². The van der Waals surface area contributed by atoms with E-state index in [-0.39, 0.29) is 22.8 Å². The Morgan fingerprint density at radius 1 is 1.21 bits per heavy atom. The summed E-state index contributed by atoms with van der Waals surface area (Å²) in [6.07, 6.45) is 3.43. The number of imidazole rings is 1. The molecule has 0 aliphatic carbocycles. The molecule has 0 bridgehead atoms. The highest BCUT2D eigenvalue weighted by Crippen LogP contribution is 2.33. The van der Waals surface area contributed by atoms with Gasteiger partial charge in [0, 0.05) is 30.5 Å². The van der Waals surface area contributed by atoms with Crippen molar-refractivity contribution in [3.8, 4) is 0 Å². The number of benzene rings is 2. The Kier molecular flexibility index (Phi) is 5.37. The molecule has 1 unspecified atom stereocenters. The van der Waals surface area contributed by atoms with E-state index in [2.05, 4.69) is 9.55 Å². The highest BCUT2D eigenvalue weighted by Gasteiger charge is 2.34. The molecule has 0 spiro atoms. The van der Waals surface area contributed by atoms with Gasteiger partial charge in [-0.05, 0) is 55.7 Å². The predicted octanol–water partition coefficient (Wildman–Crippen LogP) is 5.15. The van der Waals surface area contributed by atoms with Gasteiger partial charge in [0.25, 0.3) is 5.91 Å². The molecule has 3 aromatic rings. The minimum atomic E-state index is -0.549. The van der Waals surface area contributed by atoms with Crippen molar-refractivity contribution in [2.45, 2.75) is 32.4 Å². The Morgan fingerprint density at radius 2 is 1.97 bits per heavy atom. The molecular formula is C22H20ClF2N3O. The van der Waals surface area contributed by atoms with Crippen LogP contribution in [0.1, 0.15) is 46.3 Å². The van der Waals surface area contributed by atoms with Gasteiger partial charge in [0.05, 0.1) is 11.1 Å². The van der Waals surface area contributed by atoms with Crippen LogP contribution in [0.15, 0.2) is 48.7 Å². The number of nitrogens with zero attached hydrogens (tertiary/aromatic N) is 3. The van der Waals surface area contributed by atoms with Gasteiger partial charge in [0.15, 0.2) is 0 Å². The zero-order chi connectivity index (χ0) is 20.5. The molecule has 2 heterocycles. The van der Waals surface area contributed by atoms with E-state index in [9.17, 15) is 13.6 Å². The zero-order valence-electron chi connectivity index (χ0n) is 15.9. The molecule has 1 aliphatic rings. The van der Waals surface area contributed by atoms with Crippen molar-refractivity contribution in [1.29, 1.82) is 0 Å². The van der Waals surface area contributed by atoms with Gasteiger partial charge < -0.3 is 9.47 Å². The van der Waals surface area contributed by atoms with Crippen molar-refractivity contribution < 1.29 is 13.6 Å². The number of aryl methyl sites for hydroxylation is 1. The molecule has 1 aliphatic heterocycles. The zero-order valence-corrected chi connectivity index (χ0v) is 16.7. The van der Waals surface area contributed by atoms with Crippen LogP contribution in [0.4, 0.5) is 8.78 Å². The summed E-state index contributed by atoms with van der Waals surface area (Å²) < 4.78 is 28.8. The maximum Gasteiger partial charge on any atom is 0.254 e. The monoisotopic (exact) mass is 415 g/mol. The molecule has 29 heavy (non-hydrogen) atoms. The molecule has 0 N–H and O–H groups in total. The summed E-state index contributed by atoms with van der Waals surface area (Å²) in [4.78, 5) is 19.4. The van der Waals surface area contributed by atoms with Gasteiger partial charge in [-0.1, -0.05) is 23.7 Å². The molecular weight excluding hydrogens is 396 g/mol. The molecule has 150 valence electrons. The molecule has 0 radical (unpaired) electrons. The Morgan fingerprint density at radius 3 is 2.69 bits per heavy atom. The lowest BCUT2D eigenvalue weighted by Gasteiger charge is -2.25. The summed E-state index contributed by atoms with van der Waals surface area (Å²) in [5.74, 6) is -0.220. The number of hydrogen-bond donors (Lipinski definition) is 0. The van der Waals surface area contributed by atoms with E-state index in [1.165, 1.54) is 30.3 Å². The Balaban J connectivity index is 1.63. The van der Waals surface area contributed by atoms with Crippen molar-refractivity contribution in [2.24, 2.45) is 0 Å². The molecule has 7 heteroatoms. The van der Waals surface area contributed by atoms with Crippen LogP contribution in [0.5, 0.6) is 0 Å². The molecule has 2 aromatic carbocycles. The van der Waals surface area contributed by atoms with E-state index in [0.717, 1.165) is 29.9 Å². The maximum atomic E-state index is 13.5. The minimum Gasteiger partial charge on any atom is -0.328 e. The van der Waals surface area contributed by atoms with Crippen LogP contribution >= 0.6 is 11.6 Å². The Hall–Kier alpha value is -2.73. The second-order valence-corrected chi connectivity index (χ2v) is 7.66. The van der Waals surface area contributed by atoms with Gasteiger partial charge in [0.2, 0.25) is 0 Å². The Labute approximate surface area is 172 Å². The van der Waals surface area contributed by atoms with Crippen molar-refractivity contribution in [3.05, 3.63) is 88.0 Å². The summed E-state index contributed by atoms with van der Waals surface area (Å²) in [5, 5.41) is -0.0692. The first-order chi connectivity index (χ1) is 13.9. The van der Waals surface area contributed by atoms with E-state index in [1.54, 1.807) is 23.2 Å². The minimum absolute atomic E-state index is 0.0692. The molecule has 1 atom stereocenters. The van der Waals surface area contributed by atoms with E-state index < -0.39 is 5.82 Å². The number of carbonyl (C=O) groups is 1. The predicted molar refractivity (Wildman–Crippen MR) is 107 cm³/mol. The second-order valence-electron chi connectivity index (χ2n) is 7.26. The molecule has 1 aromatic heterocycles. The lowest BCUT2D eigenvalue weighted by Crippen LogP contribution is -2.32. The number of rotatable bonds is 4. The van der Waals surface area contributed by atoms with Gasteiger partial charge in [-0.25, -0.2) is 13.8 Å². The normalized spacial score (nSPS) is 16.4. The van der Waals surface area contributed by atoms with E-state index in [1.807, 2.05) is 6.92 Å². The topological polar surface area (TPSA) is 38.1 Å². The first-order valence-corrected chi connectivity index (χ1v) is 9.84. The Bertz CT molecular complexity index is 1050. The number of aromatic nitrogens is 2. The summed E-state index contributed by atoms with van der Waals surface area (Å²) in [6, 6.07) is 10.2. The highest BCUT2D eigenvalue weighted by molar-refractivity contribution is 6.31. The van der Waals surface area contributed by atoms with Gasteiger partial charge in [-0.15, -0.1) is 0 Å². The third kappa shape index (κ3) is 3.90. The van der Waals surface area contributed by atoms with Gasteiger partial charge in [0.1, 0.15) is 17.5 Å². The quantitative estimate of drug-likeness (QED) is 0.591. The lowest BCUT2D eigenvalue weighted by molar-refractivity contribution is 0.0727. The van der Waals surface area contributed by atoms with Gasteiger partial charge in [-0.3, -0.25) is 4.79 Å². The third-order valence-corrected chi connectivity index (χ3v) is 5.61. The van der Waals surface area contributed by atoms with Crippen LogP contribution in [0.2, 0.25) is 5.02 Å². The number of carbonyl (C=O) groups excluding carboxylic acids is 1. The summed E-state index contributed by atoms with van der Waals surface area (Å²) in [5.41, 5.74) is 2.28. The van der Waals surface area contributed by atoms with E-state index >= 15 is 0 Å². The summed E-state index contributed by atoms with van der Waals surface area (Å²) in [7, 11) is 0. The largest absolute Gasteiger partial charge is 0.328 e. The third-order valence-electron chi connectivity index (χ3n) is 5.32. The first-order valence-electron chi connectivity index (χ1n) is 9.46. The van der Waals surface area contributed by atoms with Crippen LogP contribution in [0.25, 0.3) is 0 Å². The van der Waals surface area contributed by atoms with Crippen LogP contribution < -0.4 is 0 Å². The lowest BCUT2D eigenvalue weighted by atomic mass is 10.1. The first kappa shape index (κ1) is 19.6. The standard InChI is InChI=1S/C22H20ClF2N3O/c1-14-12-26-21(28(14)13-15-4-7-17(24)8-5-15)20-3-2-10-27(20)22(29)16-6-9-19(25)18(23)11-16/h4-9,11-12,20H,2-3,10,13H2,1H3. The average Bonchev–Trinajstić information content (AvgIpc) is 3.32. The molecule has 1 amide bonds. The van der Waals surface area contributed by atoms with Crippen LogP contribution in [-0.4, -0.2) is 26.9 Å². The SMILES string of the molecule is Cc1cnc(C2CCCN2C(=O)c2ccc(F)c(Cl)c2)n1Cc1ccc(F)cc1. The summed E-state index contributed by atoms with van der Waals surface area (Å²) in [6.45, 7) is 3.10.